The van der Waals surface area contributed by atoms with Crippen LogP contribution in [0.3, 0.4) is 0 Å². The Labute approximate surface area is 174 Å². The van der Waals surface area contributed by atoms with Gasteiger partial charge in [-0.2, -0.15) is 0 Å². The molecule has 0 unspecified atom stereocenters. The first-order valence-corrected chi connectivity index (χ1v) is 9.96. The quantitative estimate of drug-likeness (QED) is 0.283. The first-order chi connectivity index (χ1) is 14.3. The first-order valence-electron chi connectivity index (χ1n) is 9.96. The molecular formula is C20H30O10. The molecule has 2 aliphatic heterocycles. The van der Waals surface area contributed by atoms with Gasteiger partial charge in [-0.25, -0.2) is 0 Å². The number of hydrogen-bond donors (Lipinski definition) is 6. The normalized spacial score (nSPS) is 42.2. The van der Waals surface area contributed by atoms with Gasteiger partial charge in [0.15, 0.2) is 12.6 Å². The van der Waals surface area contributed by atoms with E-state index in [0.717, 1.165) is 5.56 Å². The Kier molecular flexibility index (Phi) is 8.16. The largest absolute Gasteiger partial charge is 0.394 e. The van der Waals surface area contributed by atoms with Crippen LogP contribution in [0, 0.1) is 0 Å². The van der Waals surface area contributed by atoms with Crippen LogP contribution >= 0.6 is 0 Å². The first kappa shape index (κ1) is 23.5. The maximum atomic E-state index is 10.5. The van der Waals surface area contributed by atoms with Crippen molar-refractivity contribution in [3.8, 4) is 0 Å². The molecule has 0 aliphatic carbocycles. The van der Waals surface area contributed by atoms with Crippen molar-refractivity contribution in [2.75, 3.05) is 13.2 Å². The molecule has 0 bridgehead atoms. The van der Waals surface area contributed by atoms with Crippen LogP contribution in [0.5, 0.6) is 0 Å². The summed E-state index contributed by atoms with van der Waals surface area (Å²) in [6.07, 6.45) is -12.7. The SMILES string of the molecule is C[C@H]1O[C@H](O[C@@H]2[C@@H](OCCc3ccccc3)O[C@H](CO)[C@@H](O)[C@@H]2O)[C@H](O)[C@H](O)[C@H]1O. The minimum Gasteiger partial charge on any atom is -0.394 e. The minimum absolute atomic E-state index is 0.196. The predicted octanol–water partition coefficient (Wildman–Crippen LogP) is -2.10. The molecule has 0 spiro atoms. The molecule has 3 rings (SSSR count). The summed E-state index contributed by atoms with van der Waals surface area (Å²) in [6, 6.07) is 9.53. The van der Waals surface area contributed by atoms with E-state index >= 15 is 0 Å². The van der Waals surface area contributed by atoms with Crippen molar-refractivity contribution in [1.29, 1.82) is 0 Å². The van der Waals surface area contributed by atoms with Crippen molar-refractivity contribution in [2.24, 2.45) is 0 Å². The van der Waals surface area contributed by atoms with E-state index in [9.17, 15) is 30.6 Å². The molecule has 10 heteroatoms. The van der Waals surface area contributed by atoms with Crippen LogP contribution in [0.25, 0.3) is 0 Å². The van der Waals surface area contributed by atoms with Gasteiger partial charge in [0.1, 0.15) is 42.7 Å². The maximum absolute atomic E-state index is 10.5. The Bertz CT molecular complexity index is 646. The molecular weight excluding hydrogens is 400 g/mol. The lowest BCUT2D eigenvalue weighted by Gasteiger charge is -2.45. The second-order valence-corrected chi connectivity index (χ2v) is 7.60. The van der Waals surface area contributed by atoms with Gasteiger partial charge in [0.05, 0.1) is 19.3 Å². The summed E-state index contributed by atoms with van der Waals surface area (Å²) in [4.78, 5) is 0. The monoisotopic (exact) mass is 430 g/mol. The number of ether oxygens (including phenoxy) is 4. The number of hydrogen-bond acceptors (Lipinski definition) is 10. The molecule has 2 heterocycles. The van der Waals surface area contributed by atoms with Crippen molar-refractivity contribution >= 4 is 0 Å². The van der Waals surface area contributed by atoms with Crippen LogP contribution in [0.4, 0.5) is 0 Å². The van der Waals surface area contributed by atoms with Gasteiger partial charge in [-0.15, -0.1) is 0 Å². The Morgan fingerprint density at radius 2 is 1.53 bits per heavy atom. The molecule has 2 aliphatic rings. The number of rotatable bonds is 7. The number of aliphatic hydroxyl groups excluding tert-OH is 6. The van der Waals surface area contributed by atoms with Gasteiger partial charge in [0, 0.05) is 0 Å². The second kappa shape index (κ2) is 10.4. The number of aliphatic hydroxyl groups is 6. The Balaban J connectivity index is 1.69. The van der Waals surface area contributed by atoms with Crippen molar-refractivity contribution in [3.63, 3.8) is 0 Å². The molecule has 2 fully saturated rings. The summed E-state index contributed by atoms with van der Waals surface area (Å²) in [5, 5.41) is 60.2. The van der Waals surface area contributed by atoms with Gasteiger partial charge >= 0.3 is 0 Å². The zero-order valence-electron chi connectivity index (χ0n) is 16.6. The van der Waals surface area contributed by atoms with E-state index in [2.05, 4.69) is 0 Å². The van der Waals surface area contributed by atoms with E-state index in [1.54, 1.807) is 0 Å². The van der Waals surface area contributed by atoms with Crippen LogP contribution in [-0.4, -0.2) is 105 Å². The summed E-state index contributed by atoms with van der Waals surface area (Å²) in [5.74, 6) is 0. The predicted molar refractivity (Wildman–Crippen MR) is 101 cm³/mol. The van der Waals surface area contributed by atoms with E-state index in [-0.39, 0.29) is 6.61 Å². The van der Waals surface area contributed by atoms with E-state index in [4.69, 9.17) is 18.9 Å². The van der Waals surface area contributed by atoms with Gasteiger partial charge in [-0.1, -0.05) is 30.3 Å². The summed E-state index contributed by atoms with van der Waals surface area (Å²) in [6.45, 7) is 1.14. The lowest BCUT2D eigenvalue weighted by atomic mass is 9.97. The Morgan fingerprint density at radius 1 is 0.833 bits per heavy atom. The zero-order valence-corrected chi connectivity index (χ0v) is 16.6. The van der Waals surface area contributed by atoms with Crippen LogP contribution in [0.2, 0.25) is 0 Å². The van der Waals surface area contributed by atoms with Gasteiger partial charge in [-0.3, -0.25) is 0 Å². The summed E-state index contributed by atoms with van der Waals surface area (Å²) in [5.41, 5.74) is 1.02. The fourth-order valence-corrected chi connectivity index (χ4v) is 3.55. The zero-order chi connectivity index (χ0) is 21.8. The molecule has 10 atom stereocenters. The lowest BCUT2D eigenvalue weighted by Crippen LogP contribution is -2.64. The van der Waals surface area contributed by atoms with Crippen LogP contribution < -0.4 is 0 Å². The van der Waals surface area contributed by atoms with E-state index in [1.807, 2.05) is 30.3 Å². The van der Waals surface area contributed by atoms with Gasteiger partial charge < -0.3 is 49.6 Å². The highest BCUT2D eigenvalue weighted by molar-refractivity contribution is 5.14. The standard InChI is InChI=1S/C20H30O10/c1-10-13(22)15(24)17(26)19(28-10)30-18-16(25)14(23)12(9-21)29-20(18)27-8-7-11-5-3-2-4-6-11/h2-6,10,12-26H,7-9H2,1H3/t10-,12-,13+,14-,15-,16+,17-,18+,19-,20+/m1/s1. The Morgan fingerprint density at radius 3 is 2.20 bits per heavy atom. The Hall–Kier alpha value is -1.18. The highest BCUT2D eigenvalue weighted by Gasteiger charge is 2.50. The van der Waals surface area contributed by atoms with Crippen LogP contribution in [0.15, 0.2) is 30.3 Å². The van der Waals surface area contributed by atoms with Crippen molar-refractivity contribution in [1.82, 2.24) is 0 Å². The topological polar surface area (TPSA) is 158 Å². The molecule has 1 aromatic carbocycles. The smallest absolute Gasteiger partial charge is 0.187 e. The van der Waals surface area contributed by atoms with Gasteiger partial charge in [0.2, 0.25) is 0 Å². The highest BCUT2D eigenvalue weighted by Crippen LogP contribution is 2.29. The summed E-state index contributed by atoms with van der Waals surface area (Å²) in [7, 11) is 0. The second-order valence-electron chi connectivity index (χ2n) is 7.60. The molecule has 0 amide bonds. The third-order valence-corrected chi connectivity index (χ3v) is 5.44. The molecule has 6 N–H and O–H groups in total. The molecule has 0 radical (unpaired) electrons. The lowest BCUT2D eigenvalue weighted by molar-refractivity contribution is -0.364. The maximum Gasteiger partial charge on any atom is 0.187 e. The van der Waals surface area contributed by atoms with Crippen molar-refractivity contribution in [2.45, 2.75) is 74.8 Å². The van der Waals surface area contributed by atoms with Crippen LogP contribution in [-0.2, 0) is 25.4 Å². The summed E-state index contributed by atoms with van der Waals surface area (Å²) < 4.78 is 22.3. The molecule has 2 saturated heterocycles. The average Bonchev–Trinajstić information content (AvgIpc) is 2.75. The van der Waals surface area contributed by atoms with E-state index in [0.29, 0.717) is 6.42 Å². The van der Waals surface area contributed by atoms with E-state index < -0.39 is 68.0 Å². The number of benzene rings is 1. The molecule has 10 nitrogen and oxygen atoms in total. The third kappa shape index (κ3) is 5.17. The van der Waals surface area contributed by atoms with Gasteiger partial charge in [-0.05, 0) is 18.9 Å². The molecule has 0 saturated carbocycles. The summed E-state index contributed by atoms with van der Waals surface area (Å²) >= 11 is 0. The molecule has 170 valence electrons. The fraction of sp³-hybridized carbons (Fsp3) is 0.700. The van der Waals surface area contributed by atoms with Crippen molar-refractivity contribution < 1.29 is 49.6 Å². The molecule has 30 heavy (non-hydrogen) atoms. The van der Waals surface area contributed by atoms with Crippen molar-refractivity contribution in [3.05, 3.63) is 35.9 Å². The van der Waals surface area contributed by atoms with E-state index in [1.165, 1.54) is 6.92 Å². The van der Waals surface area contributed by atoms with Gasteiger partial charge in [0.25, 0.3) is 0 Å². The van der Waals surface area contributed by atoms with Crippen LogP contribution in [0.1, 0.15) is 12.5 Å². The highest BCUT2D eigenvalue weighted by atomic mass is 16.8. The average molecular weight is 430 g/mol. The fourth-order valence-electron chi connectivity index (χ4n) is 3.55. The molecule has 0 aromatic heterocycles. The minimum atomic E-state index is -1.60. The molecule has 1 aromatic rings. The third-order valence-electron chi connectivity index (χ3n) is 5.44.